The number of benzene rings is 1. The second-order valence-corrected chi connectivity index (χ2v) is 4.37. The normalized spacial score (nSPS) is 12.7. The summed E-state index contributed by atoms with van der Waals surface area (Å²) in [7, 11) is 0. The van der Waals surface area contributed by atoms with Gasteiger partial charge in [-0.2, -0.15) is 4.98 Å². The first-order valence-electron chi connectivity index (χ1n) is 5.14. The SMILES string of the molecule is CCc1nc(C(N)c2ccc(Cl)c(Cl)c2)no1. The number of nitrogens with two attached hydrogens (primary N) is 1. The number of aromatic nitrogens is 2. The molecule has 0 radical (unpaired) electrons. The Morgan fingerprint density at radius 3 is 2.71 bits per heavy atom. The summed E-state index contributed by atoms with van der Waals surface area (Å²) in [5.41, 5.74) is 6.81. The lowest BCUT2D eigenvalue weighted by Crippen LogP contribution is -2.13. The third-order valence-electron chi connectivity index (χ3n) is 2.37. The van der Waals surface area contributed by atoms with Crippen LogP contribution in [0, 0.1) is 0 Å². The molecule has 1 aromatic heterocycles. The van der Waals surface area contributed by atoms with Crippen molar-refractivity contribution in [3.63, 3.8) is 0 Å². The van der Waals surface area contributed by atoms with E-state index < -0.39 is 6.04 Å². The van der Waals surface area contributed by atoms with E-state index in [4.69, 9.17) is 33.5 Å². The van der Waals surface area contributed by atoms with E-state index in [1.807, 2.05) is 6.92 Å². The van der Waals surface area contributed by atoms with Crippen LogP contribution in [-0.4, -0.2) is 10.1 Å². The molecule has 2 N–H and O–H groups in total. The molecule has 0 aliphatic carbocycles. The maximum atomic E-state index is 6.02. The molecular formula is C11H11Cl2N3O. The molecule has 0 aliphatic heterocycles. The van der Waals surface area contributed by atoms with Crippen LogP contribution in [0.1, 0.15) is 30.2 Å². The summed E-state index contributed by atoms with van der Waals surface area (Å²) >= 11 is 11.8. The zero-order valence-corrected chi connectivity index (χ0v) is 10.7. The third kappa shape index (κ3) is 2.60. The van der Waals surface area contributed by atoms with Gasteiger partial charge < -0.3 is 10.3 Å². The van der Waals surface area contributed by atoms with Crippen molar-refractivity contribution in [2.24, 2.45) is 5.73 Å². The van der Waals surface area contributed by atoms with Gasteiger partial charge in [0.15, 0.2) is 5.82 Å². The maximum Gasteiger partial charge on any atom is 0.226 e. The molecule has 1 unspecified atom stereocenters. The second kappa shape index (κ2) is 5.04. The molecule has 1 heterocycles. The van der Waals surface area contributed by atoms with Gasteiger partial charge in [-0.1, -0.05) is 41.3 Å². The minimum absolute atomic E-state index is 0.445. The summed E-state index contributed by atoms with van der Waals surface area (Å²) < 4.78 is 5.01. The average molecular weight is 272 g/mol. The molecule has 0 spiro atoms. The van der Waals surface area contributed by atoms with E-state index in [1.54, 1.807) is 18.2 Å². The van der Waals surface area contributed by atoms with Crippen LogP contribution in [0.15, 0.2) is 22.7 Å². The van der Waals surface area contributed by atoms with Gasteiger partial charge in [-0.05, 0) is 17.7 Å². The zero-order chi connectivity index (χ0) is 12.4. The molecule has 0 amide bonds. The Balaban J connectivity index is 2.29. The summed E-state index contributed by atoms with van der Waals surface area (Å²) in [5.74, 6) is 1.01. The van der Waals surface area contributed by atoms with Gasteiger partial charge in [0.25, 0.3) is 0 Å². The van der Waals surface area contributed by atoms with E-state index in [0.717, 1.165) is 5.56 Å². The molecule has 0 saturated carbocycles. The van der Waals surface area contributed by atoms with Crippen LogP contribution in [0.25, 0.3) is 0 Å². The monoisotopic (exact) mass is 271 g/mol. The minimum atomic E-state index is -0.464. The van der Waals surface area contributed by atoms with E-state index in [2.05, 4.69) is 10.1 Å². The minimum Gasteiger partial charge on any atom is -0.339 e. The van der Waals surface area contributed by atoms with Crippen molar-refractivity contribution < 1.29 is 4.52 Å². The van der Waals surface area contributed by atoms with Gasteiger partial charge in [-0.15, -0.1) is 0 Å². The van der Waals surface area contributed by atoms with Gasteiger partial charge in [-0.25, -0.2) is 0 Å². The lowest BCUT2D eigenvalue weighted by atomic mass is 10.1. The predicted molar refractivity (Wildman–Crippen MR) is 66.2 cm³/mol. The summed E-state index contributed by atoms with van der Waals surface area (Å²) in [6.07, 6.45) is 0.682. The Labute approximate surface area is 109 Å². The van der Waals surface area contributed by atoms with E-state index in [0.29, 0.717) is 28.2 Å². The highest BCUT2D eigenvalue weighted by molar-refractivity contribution is 6.42. The van der Waals surface area contributed by atoms with E-state index in [1.165, 1.54) is 0 Å². The largest absolute Gasteiger partial charge is 0.339 e. The van der Waals surface area contributed by atoms with Gasteiger partial charge >= 0.3 is 0 Å². The molecule has 2 rings (SSSR count). The highest BCUT2D eigenvalue weighted by Gasteiger charge is 2.16. The van der Waals surface area contributed by atoms with Crippen LogP contribution in [0.3, 0.4) is 0 Å². The Bertz CT molecular complexity index is 527. The summed E-state index contributed by atoms with van der Waals surface area (Å²) in [6, 6.07) is 4.73. The number of rotatable bonds is 3. The highest BCUT2D eigenvalue weighted by Crippen LogP contribution is 2.26. The number of aryl methyl sites for hydroxylation is 1. The van der Waals surface area contributed by atoms with Crippen LogP contribution < -0.4 is 5.73 Å². The quantitative estimate of drug-likeness (QED) is 0.932. The number of hydrogen-bond acceptors (Lipinski definition) is 4. The molecule has 0 saturated heterocycles. The fourth-order valence-corrected chi connectivity index (χ4v) is 1.70. The fourth-order valence-electron chi connectivity index (χ4n) is 1.39. The maximum absolute atomic E-state index is 6.02. The molecule has 0 fully saturated rings. The van der Waals surface area contributed by atoms with Crippen molar-refractivity contribution in [3.8, 4) is 0 Å². The molecular weight excluding hydrogens is 261 g/mol. The van der Waals surface area contributed by atoms with Gasteiger partial charge in [0, 0.05) is 6.42 Å². The molecule has 2 aromatic rings. The molecule has 90 valence electrons. The van der Waals surface area contributed by atoms with Crippen molar-refractivity contribution in [3.05, 3.63) is 45.5 Å². The Kier molecular flexibility index (Phi) is 3.66. The van der Waals surface area contributed by atoms with Crippen LogP contribution in [0.4, 0.5) is 0 Å². The van der Waals surface area contributed by atoms with Crippen molar-refractivity contribution in [1.29, 1.82) is 0 Å². The van der Waals surface area contributed by atoms with Crippen LogP contribution in [-0.2, 0) is 6.42 Å². The van der Waals surface area contributed by atoms with E-state index in [9.17, 15) is 0 Å². The topological polar surface area (TPSA) is 64.9 Å². The van der Waals surface area contributed by atoms with E-state index >= 15 is 0 Å². The molecule has 17 heavy (non-hydrogen) atoms. The van der Waals surface area contributed by atoms with Gasteiger partial charge in [0.1, 0.15) is 0 Å². The molecule has 1 atom stereocenters. The standard InChI is InChI=1S/C11H11Cl2N3O/c1-2-9-15-11(16-17-9)10(14)6-3-4-7(12)8(13)5-6/h3-5,10H,2,14H2,1H3. The van der Waals surface area contributed by atoms with Crippen molar-refractivity contribution in [2.75, 3.05) is 0 Å². The van der Waals surface area contributed by atoms with Crippen LogP contribution in [0.5, 0.6) is 0 Å². The summed E-state index contributed by atoms with van der Waals surface area (Å²) in [5, 5.41) is 4.78. The summed E-state index contributed by atoms with van der Waals surface area (Å²) in [6.45, 7) is 1.93. The Morgan fingerprint density at radius 1 is 1.35 bits per heavy atom. The summed E-state index contributed by atoms with van der Waals surface area (Å²) in [4.78, 5) is 4.18. The average Bonchev–Trinajstić information content (AvgIpc) is 2.80. The number of halogens is 2. The van der Waals surface area contributed by atoms with Gasteiger partial charge in [-0.3, -0.25) is 0 Å². The number of nitrogens with zero attached hydrogens (tertiary/aromatic N) is 2. The molecule has 6 heteroatoms. The zero-order valence-electron chi connectivity index (χ0n) is 9.15. The molecule has 0 bridgehead atoms. The van der Waals surface area contributed by atoms with Crippen LogP contribution >= 0.6 is 23.2 Å². The van der Waals surface area contributed by atoms with Crippen molar-refractivity contribution >= 4 is 23.2 Å². The Morgan fingerprint density at radius 2 is 2.12 bits per heavy atom. The lowest BCUT2D eigenvalue weighted by Gasteiger charge is -2.08. The van der Waals surface area contributed by atoms with Gasteiger partial charge in [0.2, 0.25) is 5.89 Å². The first kappa shape index (κ1) is 12.4. The van der Waals surface area contributed by atoms with Gasteiger partial charge in [0.05, 0.1) is 16.1 Å². The second-order valence-electron chi connectivity index (χ2n) is 3.55. The molecule has 0 aliphatic rings. The first-order chi connectivity index (χ1) is 8.11. The third-order valence-corrected chi connectivity index (χ3v) is 3.11. The number of hydrogen-bond donors (Lipinski definition) is 1. The lowest BCUT2D eigenvalue weighted by molar-refractivity contribution is 0.375. The smallest absolute Gasteiger partial charge is 0.226 e. The first-order valence-corrected chi connectivity index (χ1v) is 5.90. The molecule has 1 aromatic carbocycles. The van der Waals surface area contributed by atoms with E-state index in [-0.39, 0.29) is 0 Å². The predicted octanol–water partition coefficient (Wildman–Crippen LogP) is 2.99. The Hall–Kier alpha value is -1.10. The van der Waals surface area contributed by atoms with Crippen molar-refractivity contribution in [1.82, 2.24) is 10.1 Å². The van der Waals surface area contributed by atoms with Crippen LogP contribution in [0.2, 0.25) is 10.0 Å². The fraction of sp³-hybridized carbons (Fsp3) is 0.273. The van der Waals surface area contributed by atoms with Crippen molar-refractivity contribution in [2.45, 2.75) is 19.4 Å². The highest BCUT2D eigenvalue weighted by atomic mass is 35.5. The molecule has 4 nitrogen and oxygen atoms in total.